The van der Waals surface area contributed by atoms with Crippen molar-refractivity contribution in [1.82, 2.24) is 0 Å². The van der Waals surface area contributed by atoms with Crippen LogP contribution in [0.2, 0.25) is 0 Å². The van der Waals surface area contributed by atoms with Crippen molar-refractivity contribution in [3.8, 4) is 5.75 Å². The van der Waals surface area contributed by atoms with Crippen LogP contribution in [0.5, 0.6) is 5.75 Å². The maximum Gasteiger partial charge on any atom is 0.175 e. The van der Waals surface area contributed by atoms with Crippen molar-refractivity contribution in [3.05, 3.63) is 29.6 Å². The van der Waals surface area contributed by atoms with Crippen LogP contribution in [0.25, 0.3) is 0 Å². The van der Waals surface area contributed by atoms with Gasteiger partial charge in [0.15, 0.2) is 17.3 Å². The first-order valence-corrected chi connectivity index (χ1v) is 5.83. The Hall–Kier alpha value is -0.900. The summed E-state index contributed by atoms with van der Waals surface area (Å²) < 4.78 is 18.7. The van der Waals surface area contributed by atoms with Gasteiger partial charge in [0, 0.05) is 11.8 Å². The molecule has 82 valence electrons. The number of rotatable bonds is 5. The number of ether oxygens (including phenoxy) is 1. The van der Waals surface area contributed by atoms with Crippen LogP contribution in [0.1, 0.15) is 23.7 Å². The van der Waals surface area contributed by atoms with Crippen molar-refractivity contribution >= 4 is 21.7 Å². The number of benzene rings is 1. The summed E-state index contributed by atoms with van der Waals surface area (Å²) in [5.74, 6) is -0.644. The second kappa shape index (κ2) is 5.85. The SMILES string of the molecule is CCOc1cccc(C(=O)CCBr)c1F. The van der Waals surface area contributed by atoms with E-state index in [1.807, 2.05) is 0 Å². The van der Waals surface area contributed by atoms with Gasteiger partial charge in [-0.25, -0.2) is 4.39 Å². The van der Waals surface area contributed by atoms with Gasteiger partial charge in [-0.3, -0.25) is 4.79 Å². The van der Waals surface area contributed by atoms with Gasteiger partial charge in [0.1, 0.15) is 0 Å². The van der Waals surface area contributed by atoms with Gasteiger partial charge in [0.2, 0.25) is 0 Å². The van der Waals surface area contributed by atoms with E-state index in [9.17, 15) is 9.18 Å². The predicted octanol–water partition coefficient (Wildman–Crippen LogP) is 3.19. The Labute approximate surface area is 96.6 Å². The standard InChI is InChI=1S/C11H12BrFO2/c1-2-15-10-5-3-4-8(11(10)13)9(14)6-7-12/h3-5H,2,6-7H2,1H3. The fourth-order valence-corrected chi connectivity index (χ4v) is 1.57. The van der Waals surface area contributed by atoms with Crippen LogP contribution in [-0.4, -0.2) is 17.7 Å². The smallest absolute Gasteiger partial charge is 0.175 e. The number of hydrogen-bond acceptors (Lipinski definition) is 2. The Bertz CT molecular complexity index is 352. The van der Waals surface area contributed by atoms with Crippen molar-refractivity contribution in [2.45, 2.75) is 13.3 Å². The van der Waals surface area contributed by atoms with Crippen LogP contribution in [-0.2, 0) is 0 Å². The average Bonchev–Trinajstić information content (AvgIpc) is 2.22. The first-order valence-electron chi connectivity index (χ1n) is 4.71. The highest BCUT2D eigenvalue weighted by Crippen LogP contribution is 2.21. The molecule has 0 radical (unpaired) electrons. The van der Waals surface area contributed by atoms with Crippen molar-refractivity contribution in [2.24, 2.45) is 0 Å². The zero-order chi connectivity index (χ0) is 11.3. The Kier molecular flexibility index (Phi) is 4.75. The second-order valence-electron chi connectivity index (χ2n) is 2.91. The predicted molar refractivity (Wildman–Crippen MR) is 60.3 cm³/mol. The maximum absolute atomic E-state index is 13.7. The summed E-state index contributed by atoms with van der Waals surface area (Å²) in [6.45, 7) is 2.15. The Morgan fingerprint density at radius 3 is 2.87 bits per heavy atom. The summed E-state index contributed by atoms with van der Waals surface area (Å²) in [5, 5.41) is 0.532. The van der Waals surface area contributed by atoms with Gasteiger partial charge < -0.3 is 4.74 Å². The molecule has 0 fully saturated rings. The normalized spacial score (nSPS) is 10.1. The fraction of sp³-hybridized carbons (Fsp3) is 0.364. The molecule has 0 aliphatic carbocycles. The van der Waals surface area contributed by atoms with Gasteiger partial charge in [0.05, 0.1) is 12.2 Å². The van der Waals surface area contributed by atoms with Crippen molar-refractivity contribution in [2.75, 3.05) is 11.9 Å². The van der Waals surface area contributed by atoms with Crippen LogP contribution in [0, 0.1) is 5.82 Å². The van der Waals surface area contributed by atoms with E-state index in [2.05, 4.69) is 15.9 Å². The topological polar surface area (TPSA) is 26.3 Å². The molecule has 0 saturated heterocycles. The van der Waals surface area contributed by atoms with E-state index in [0.717, 1.165) is 0 Å². The number of carbonyl (C=O) groups excluding carboxylic acids is 1. The second-order valence-corrected chi connectivity index (χ2v) is 3.71. The van der Waals surface area contributed by atoms with Crippen molar-refractivity contribution in [3.63, 3.8) is 0 Å². The molecule has 15 heavy (non-hydrogen) atoms. The van der Waals surface area contributed by atoms with Crippen LogP contribution in [0.3, 0.4) is 0 Å². The number of ketones is 1. The summed E-state index contributed by atoms with van der Waals surface area (Å²) in [4.78, 5) is 11.5. The molecule has 0 unspecified atom stereocenters. The van der Waals surface area contributed by atoms with E-state index in [-0.39, 0.29) is 23.5 Å². The van der Waals surface area contributed by atoms with Gasteiger partial charge in [-0.05, 0) is 19.1 Å². The summed E-state index contributed by atoms with van der Waals surface area (Å²) in [6, 6.07) is 4.61. The molecule has 1 aromatic carbocycles. The molecular weight excluding hydrogens is 263 g/mol. The van der Waals surface area contributed by atoms with E-state index < -0.39 is 5.82 Å². The Balaban J connectivity index is 2.98. The van der Waals surface area contributed by atoms with Crippen molar-refractivity contribution < 1.29 is 13.9 Å². The van der Waals surface area contributed by atoms with E-state index >= 15 is 0 Å². The zero-order valence-electron chi connectivity index (χ0n) is 8.43. The molecule has 0 bridgehead atoms. The van der Waals surface area contributed by atoms with Crippen molar-refractivity contribution in [1.29, 1.82) is 0 Å². The molecule has 0 aromatic heterocycles. The molecular formula is C11H12BrFO2. The largest absolute Gasteiger partial charge is 0.491 e. The van der Waals surface area contributed by atoms with Gasteiger partial charge >= 0.3 is 0 Å². The lowest BCUT2D eigenvalue weighted by atomic mass is 10.1. The lowest BCUT2D eigenvalue weighted by molar-refractivity contribution is 0.0985. The summed E-state index contributed by atoms with van der Waals surface area (Å²) in [7, 11) is 0. The van der Waals surface area contributed by atoms with E-state index in [1.165, 1.54) is 12.1 Å². The quantitative estimate of drug-likeness (QED) is 0.609. The maximum atomic E-state index is 13.7. The molecule has 0 N–H and O–H groups in total. The molecule has 0 amide bonds. The zero-order valence-corrected chi connectivity index (χ0v) is 10.0. The molecule has 0 saturated carbocycles. The number of Topliss-reactive ketones (excluding diaryl/α,β-unsaturated/α-hetero) is 1. The number of alkyl halides is 1. The summed E-state index contributed by atoms with van der Waals surface area (Å²) >= 11 is 3.15. The Morgan fingerprint density at radius 2 is 2.27 bits per heavy atom. The van der Waals surface area contributed by atoms with Crippen LogP contribution >= 0.6 is 15.9 Å². The number of halogens is 2. The number of carbonyl (C=O) groups is 1. The first kappa shape index (κ1) is 12.2. The third-order valence-electron chi connectivity index (χ3n) is 1.89. The van der Waals surface area contributed by atoms with Crippen LogP contribution in [0.4, 0.5) is 4.39 Å². The van der Waals surface area contributed by atoms with Crippen LogP contribution in [0.15, 0.2) is 18.2 Å². The summed E-state index contributed by atoms with van der Waals surface area (Å²) in [5.41, 5.74) is 0.0976. The lowest BCUT2D eigenvalue weighted by Crippen LogP contribution is -2.05. The monoisotopic (exact) mass is 274 g/mol. The average molecular weight is 275 g/mol. The molecule has 2 nitrogen and oxygen atoms in total. The van der Waals surface area contributed by atoms with E-state index in [4.69, 9.17) is 4.74 Å². The minimum atomic E-state index is -0.565. The molecule has 0 aliphatic heterocycles. The highest BCUT2D eigenvalue weighted by atomic mass is 79.9. The molecule has 0 spiro atoms. The molecule has 0 heterocycles. The minimum Gasteiger partial charge on any atom is -0.491 e. The van der Waals surface area contributed by atoms with Gasteiger partial charge in [-0.15, -0.1) is 0 Å². The highest BCUT2D eigenvalue weighted by molar-refractivity contribution is 9.09. The molecule has 1 rings (SSSR count). The van der Waals surface area contributed by atoms with Gasteiger partial charge in [-0.1, -0.05) is 22.0 Å². The molecule has 0 atom stereocenters. The van der Waals surface area contributed by atoms with Gasteiger partial charge in [-0.2, -0.15) is 0 Å². The number of hydrogen-bond donors (Lipinski definition) is 0. The lowest BCUT2D eigenvalue weighted by Gasteiger charge is -2.07. The van der Waals surface area contributed by atoms with E-state index in [1.54, 1.807) is 13.0 Å². The molecule has 1 aromatic rings. The van der Waals surface area contributed by atoms with Crippen LogP contribution < -0.4 is 4.74 Å². The molecule has 4 heteroatoms. The molecule has 0 aliphatic rings. The highest BCUT2D eigenvalue weighted by Gasteiger charge is 2.14. The Morgan fingerprint density at radius 1 is 1.53 bits per heavy atom. The fourth-order valence-electron chi connectivity index (χ4n) is 1.21. The first-order chi connectivity index (χ1) is 7.20. The summed E-state index contributed by atoms with van der Waals surface area (Å²) in [6.07, 6.45) is 0.284. The third-order valence-corrected chi connectivity index (χ3v) is 2.28. The van der Waals surface area contributed by atoms with Gasteiger partial charge in [0.25, 0.3) is 0 Å². The third kappa shape index (κ3) is 3.02. The van der Waals surface area contributed by atoms with E-state index in [0.29, 0.717) is 11.9 Å². The minimum absolute atomic E-state index is 0.0976.